The number of non-ortho nitro benzene ring substituents is 1. The van der Waals surface area contributed by atoms with Gasteiger partial charge in [0.2, 0.25) is 0 Å². The Morgan fingerprint density at radius 1 is 1.20 bits per heavy atom. The van der Waals surface area contributed by atoms with Gasteiger partial charge in [0.25, 0.3) is 11.6 Å². The van der Waals surface area contributed by atoms with Crippen LogP contribution in [0.2, 0.25) is 10.2 Å². The van der Waals surface area contributed by atoms with Crippen molar-refractivity contribution in [2.45, 2.75) is 13.8 Å². The molecule has 2 aromatic rings. The van der Waals surface area contributed by atoms with Crippen LogP contribution in [0.3, 0.4) is 0 Å². The van der Waals surface area contributed by atoms with Crippen LogP contribution in [-0.2, 0) is 0 Å². The van der Waals surface area contributed by atoms with Gasteiger partial charge in [-0.3, -0.25) is 10.1 Å². The molecule has 0 atom stereocenters. The number of hydrogen-bond acceptors (Lipinski definition) is 5. The van der Waals surface area contributed by atoms with Crippen molar-refractivity contribution in [3.63, 3.8) is 0 Å². The maximum Gasteiger partial charge on any atom is 0.273 e. The van der Waals surface area contributed by atoms with Crippen LogP contribution < -0.4 is 4.74 Å². The van der Waals surface area contributed by atoms with E-state index in [0.717, 1.165) is 0 Å². The van der Waals surface area contributed by atoms with E-state index in [1.54, 1.807) is 13.8 Å². The summed E-state index contributed by atoms with van der Waals surface area (Å²) in [7, 11) is 0. The fraction of sp³-hybridized carbons (Fsp3) is 0.167. The first-order valence-corrected chi connectivity index (χ1v) is 6.26. The van der Waals surface area contributed by atoms with Gasteiger partial charge in [0.15, 0.2) is 10.9 Å². The Kier molecular flexibility index (Phi) is 4.06. The highest BCUT2D eigenvalue weighted by Gasteiger charge is 2.15. The van der Waals surface area contributed by atoms with Gasteiger partial charge in [-0.25, -0.2) is 9.97 Å². The first-order chi connectivity index (χ1) is 9.38. The monoisotopic (exact) mass is 313 g/mol. The standard InChI is InChI=1S/C12H9Cl2N3O3/c1-6-7(2)16-12(11(14)15-6)20-10-5-8(17(18)19)3-4-9(10)13/h3-5H,1-2H3. The SMILES string of the molecule is Cc1nc(Cl)c(Oc2cc([N+](=O)[O-])ccc2Cl)nc1C. The number of nitro benzene ring substituents is 1. The molecular weight excluding hydrogens is 305 g/mol. The predicted octanol–water partition coefficient (Wildman–Crippen LogP) is 4.10. The number of nitrogens with zero attached hydrogens (tertiary/aromatic N) is 3. The molecule has 1 aromatic carbocycles. The number of benzene rings is 1. The molecule has 0 bridgehead atoms. The molecule has 0 aliphatic rings. The lowest BCUT2D eigenvalue weighted by Crippen LogP contribution is -1.98. The molecule has 20 heavy (non-hydrogen) atoms. The predicted molar refractivity (Wildman–Crippen MR) is 74.7 cm³/mol. The second-order valence-electron chi connectivity index (χ2n) is 3.96. The smallest absolute Gasteiger partial charge is 0.273 e. The fourth-order valence-corrected chi connectivity index (χ4v) is 1.77. The van der Waals surface area contributed by atoms with Crippen LogP contribution in [0.25, 0.3) is 0 Å². The number of rotatable bonds is 3. The highest BCUT2D eigenvalue weighted by atomic mass is 35.5. The van der Waals surface area contributed by atoms with E-state index in [-0.39, 0.29) is 27.5 Å². The van der Waals surface area contributed by atoms with Gasteiger partial charge in [0.05, 0.1) is 27.4 Å². The third-order valence-electron chi connectivity index (χ3n) is 2.57. The third-order valence-corrected chi connectivity index (χ3v) is 3.13. The van der Waals surface area contributed by atoms with Crippen molar-refractivity contribution < 1.29 is 9.66 Å². The van der Waals surface area contributed by atoms with Gasteiger partial charge in [-0.15, -0.1) is 0 Å². The maximum absolute atomic E-state index is 10.7. The molecule has 1 heterocycles. The van der Waals surface area contributed by atoms with E-state index in [2.05, 4.69) is 9.97 Å². The molecule has 2 rings (SSSR count). The highest BCUT2D eigenvalue weighted by molar-refractivity contribution is 6.32. The van der Waals surface area contributed by atoms with Crippen LogP contribution in [0.1, 0.15) is 11.4 Å². The van der Waals surface area contributed by atoms with Crippen LogP contribution in [0.4, 0.5) is 5.69 Å². The summed E-state index contributed by atoms with van der Waals surface area (Å²) >= 11 is 11.9. The molecule has 0 unspecified atom stereocenters. The Balaban J connectivity index is 2.42. The maximum atomic E-state index is 10.7. The topological polar surface area (TPSA) is 78.2 Å². The molecule has 0 radical (unpaired) electrons. The summed E-state index contributed by atoms with van der Waals surface area (Å²) in [5.41, 5.74) is 1.18. The second kappa shape index (κ2) is 5.60. The summed E-state index contributed by atoms with van der Waals surface area (Å²) in [5.74, 6) is 0.150. The summed E-state index contributed by atoms with van der Waals surface area (Å²) in [6, 6.07) is 3.86. The highest BCUT2D eigenvalue weighted by Crippen LogP contribution is 2.34. The van der Waals surface area contributed by atoms with Gasteiger partial charge in [-0.1, -0.05) is 23.2 Å². The molecule has 1 aromatic heterocycles. The Morgan fingerprint density at radius 2 is 1.85 bits per heavy atom. The fourth-order valence-electron chi connectivity index (χ4n) is 1.41. The molecule has 104 valence electrons. The third kappa shape index (κ3) is 2.97. The molecule has 0 amide bonds. The Labute approximate surface area is 124 Å². The van der Waals surface area contributed by atoms with E-state index >= 15 is 0 Å². The van der Waals surface area contributed by atoms with Gasteiger partial charge < -0.3 is 4.74 Å². The first kappa shape index (κ1) is 14.5. The lowest BCUT2D eigenvalue weighted by atomic mass is 10.3. The Morgan fingerprint density at radius 3 is 2.50 bits per heavy atom. The molecule has 6 nitrogen and oxygen atoms in total. The van der Waals surface area contributed by atoms with Gasteiger partial charge in [0, 0.05) is 6.07 Å². The van der Waals surface area contributed by atoms with Crippen molar-refractivity contribution in [1.82, 2.24) is 9.97 Å². The van der Waals surface area contributed by atoms with Gasteiger partial charge >= 0.3 is 0 Å². The summed E-state index contributed by atoms with van der Waals surface area (Å²) in [4.78, 5) is 18.4. The minimum atomic E-state index is -0.545. The quantitative estimate of drug-likeness (QED) is 0.629. The minimum Gasteiger partial charge on any atom is -0.434 e. The summed E-state index contributed by atoms with van der Waals surface area (Å²) in [6.45, 7) is 3.51. The van der Waals surface area contributed by atoms with Crippen LogP contribution in [-0.4, -0.2) is 14.9 Å². The molecule has 0 N–H and O–H groups in total. The average Bonchev–Trinajstić information content (AvgIpc) is 2.38. The van der Waals surface area contributed by atoms with Gasteiger partial charge in [-0.2, -0.15) is 0 Å². The summed E-state index contributed by atoms with van der Waals surface area (Å²) in [5, 5.41) is 11.0. The molecule has 0 spiro atoms. The molecule has 0 aliphatic carbocycles. The van der Waals surface area contributed by atoms with Gasteiger partial charge in [0.1, 0.15) is 0 Å². The number of halogens is 2. The molecule has 0 saturated heterocycles. The molecule has 0 saturated carbocycles. The van der Waals surface area contributed by atoms with Crippen molar-refractivity contribution >= 4 is 28.9 Å². The minimum absolute atomic E-state index is 0.0529. The summed E-state index contributed by atoms with van der Waals surface area (Å²) < 4.78 is 5.42. The van der Waals surface area contributed by atoms with Crippen molar-refractivity contribution in [2.24, 2.45) is 0 Å². The van der Waals surface area contributed by atoms with Crippen molar-refractivity contribution in [3.05, 3.63) is 49.9 Å². The Bertz CT molecular complexity index is 692. The number of ether oxygens (including phenoxy) is 1. The van der Waals surface area contributed by atoms with E-state index in [4.69, 9.17) is 27.9 Å². The van der Waals surface area contributed by atoms with E-state index < -0.39 is 4.92 Å². The zero-order valence-corrected chi connectivity index (χ0v) is 12.1. The van der Waals surface area contributed by atoms with Crippen LogP contribution >= 0.6 is 23.2 Å². The van der Waals surface area contributed by atoms with Crippen molar-refractivity contribution in [2.75, 3.05) is 0 Å². The van der Waals surface area contributed by atoms with Gasteiger partial charge in [-0.05, 0) is 19.9 Å². The normalized spacial score (nSPS) is 10.4. The van der Waals surface area contributed by atoms with E-state index in [9.17, 15) is 10.1 Å². The van der Waals surface area contributed by atoms with Crippen molar-refractivity contribution in [1.29, 1.82) is 0 Å². The largest absolute Gasteiger partial charge is 0.434 e. The summed E-state index contributed by atoms with van der Waals surface area (Å²) in [6.07, 6.45) is 0. The number of aryl methyl sites for hydroxylation is 2. The van der Waals surface area contributed by atoms with E-state index in [0.29, 0.717) is 11.4 Å². The van der Waals surface area contributed by atoms with Crippen LogP contribution in [0.15, 0.2) is 18.2 Å². The average molecular weight is 314 g/mol. The van der Waals surface area contributed by atoms with E-state index in [1.807, 2.05) is 0 Å². The number of hydrogen-bond donors (Lipinski definition) is 0. The Hall–Kier alpha value is -1.92. The van der Waals surface area contributed by atoms with Crippen LogP contribution in [0.5, 0.6) is 11.6 Å². The van der Waals surface area contributed by atoms with Crippen LogP contribution in [0, 0.1) is 24.0 Å². The first-order valence-electron chi connectivity index (χ1n) is 5.51. The van der Waals surface area contributed by atoms with E-state index in [1.165, 1.54) is 18.2 Å². The zero-order valence-electron chi connectivity index (χ0n) is 10.6. The lowest BCUT2D eigenvalue weighted by Gasteiger charge is -2.09. The number of nitro groups is 1. The molecule has 0 fully saturated rings. The lowest BCUT2D eigenvalue weighted by molar-refractivity contribution is -0.384. The second-order valence-corrected chi connectivity index (χ2v) is 4.73. The molecule has 8 heteroatoms. The molecular formula is C12H9Cl2N3O3. The molecule has 0 aliphatic heterocycles. The van der Waals surface area contributed by atoms with Crippen molar-refractivity contribution in [3.8, 4) is 11.6 Å². The number of aromatic nitrogens is 2. The zero-order chi connectivity index (χ0) is 14.9.